The molecule has 0 saturated heterocycles. The van der Waals surface area contributed by atoms with E-state index in [1.807, 2.05) is 0 Å². The molecular formula is C8H17IN2O2S. The van der Waals surface area contributed by atoms with E-state index in [1.165, 1.54) is 6.34 Å². The number of alkyl halides is 1. The molecule has 0 aromatic heterocycles. The molecule has 0 aromatic carbocycles. The van der Waals surface area contributed by atoms with E-state index in [9.17, 15) is 8.42 Å². The molecule has 0 N–H and O–H groups in total. The predicted octanol–water partition coefficient (Wildman–Crippen LogP) is 1.51. The molecule has 0 saturated carbocycles. The average molecular weight is 332 g/mol. The number of unbranched alkanes of at least 4 members (excludes halogenated alkanes) is 2. The van der Waals surface area contributed by atoms with Gasteiger partial charge in [-0.1, -0.05) is 29.0 Å². The van der Waals surface area contributed by atoms with Gasteiger partial charge in [-0.2, -0.15) is 4.40 Å². The summed E-state index contributed by atoms with van der Waals surface area (Å²) in [5.74, 6) is 0.161. The normalized spacial score (nSPS) is 12.2. The molecule has 0 aliphatic heterocycles. The summed E-state index contributed by atoms with van der Waals surface area (Å²) in [6.45, 7) is 0. The Morgan fingerprint density at radius 1 is 1.29 bits per heavy atom. The Balaban J connectivity index is 3.85. The van der Waals surface area contributed by atoms with Gasteiger partial charge in [0.2, 0.25) is 0 Å². The highest BCUT2D eigenvalue weighted by Gasteiger charge is 2.06. The molecule has 0 bridgehead atoms. The zero-order valence-electron chi connectivity index (χ0n) is 8.61. The van der Waals surface area contributed by atoms with Crippen LogP contribution in [-0.2, 0) is 10.0 Å². The molecule has 0 rings (SSSR count). The van der Waals surface area contributed by atoms with Crippen LogP contribution in [0.2, 0.25) is 0 Å². The highest BCUT2D eigenvalue weighted by atomic mass is 127. The maximum atomic E-state index is 11.3. The molecule has 84 valence electrons. The van der Waals surface area contributed by atoms with Gasteiger partial charge in [-0.3, -0.25) is 0 Å². The third kappa shape index (κ3) is 8.74. The summed E-state index contributed by atoms with van der Waals surface area (Å²) in [5.41, 5.74) is 0. The SMILES string of the molecule is CN(C)/C=N/S(=O)(=O)CCCCCI. The summed E-state index contributed by atoms with van der Waals surface area (Å²) in [6, 6.07) is 0. The molecule has 0 unspecified atom stereocenters. The van der Waals surface area contributed by atoms with Crippen molar-refractivity contribution < 1.29 is 8.42 Å². The van der Waals surface area contributed by atoms with Gasteiger partial charge in [-0.15, -0.1) is 0 Å². The highest BCUT2D eigenvalue weighted by Crippen LogP contribution is 2.03. The second kappa shape index (κ2) is 7.44. The minimum atomic E-state index is -3.23. The van der Waals surface area contributed by atoms with Crippen molar-refractivity contribution in [3.05, 3.63) is 0 Å². The minimum Gasteiger partial charge on any atom is -0.368 e. The van der Waals surface area contributed by atoms with E-state index in [0.717, 1.165) is 17.3 Å². The Kier molecular flexibility index (Phi) is 7.52. The van der Waals surface area contributed by atoms with Crippen LogP contribution in [0.3, 0.4) is 0 Å². The first-order valence-electron chi connectivity index (χ1n) is 4.48. The van der Waals surface area contributed by atoms with Gasteiger partial charge in [0.1, 0.15) is 6.34 Å². The van der Waals surface area contributed by atoms with Crippen LogP contribution in [0, 0.1) is 0 Å². The fraction of sp³-hybridized carbons (Fsp3) is 0.875. The first kappa shape index (κ1) is 14.2. The molecule has 0 fully saturated rings. The molecule has 0 radical (unpaired) electrons. The van der Waals surface area contributed by atoms with Gasteiger partial charge in [0.05, 0.1) is 5.75 Å². The van der Waals surface area contributed by atoms with Crippen LogP contribution in [0.25, 0.3) is 0 Å². The molecular weight excluding hydrogens is 315 g/mol. The van der Waals surface area contributed by atoms with Crippen molar-refractivity contribution in [2.24, 2.45) is 4.40 Å². The second-order valence-corrected chi connectivity index (χ2v) is 6.08. The van der Waals surface area contributed by atoms with Gasteiger partial charge >= 0.3 is 0 Å². The number of halogens is 1. The van der Waals surface area contributed by atoms with Crippen molar-refractivity contribution in [1.29, 1.82) is 0 Å². The second-order valence-electron chi connectivity index (χ2n) is 3.22. The molecule has 0 aliphatic carbocycles. The van der Waals surface area contributed by atoms with Crippen molar-refractivity contribution in [2.45, 2.75) is 19.3 Å². The van der Waals surface area contributed by atoms with E-state index < -0.39 is 10.0 Å². The third-order valence-corrected chi connectivity index (χ3v) is 3.46. The maximum Gasteiger partial charge on any atom is 0.254 e. The van der Waals surface area contributed by atoms with Gasteiger partial charge in [-0.25, -0.2) is 8.42 Å². The molecule has 0 amide bonds. The van der Waals surface area contributed by atoms with Crippen LogP contribution in [0.5, 0.6) is 0 Å². The zero-order chi connectivity index (χ0) is 11.0. The van der Waals surface area contributed by atoms with Gasteiger partial charge in [-0.05, 0) is 17.3 Å². The van der Waals surface area contributed by atoms with Crippen LogP contribution < -0.4 is 0 Å². The van der Waals surface area contributed by atoms with E-state index in [2.05, 4.69) is 27.0 Å². The van der Waals surface area contributed by atoms with Crippen LogP contribution in [0.1, 0.15) is 19.3 Å². The molecule has 4 nitrogen and oxygen atoms in total. The first-order chi connectivity index (χ1) is 6.48. The molecule has 0 atom stereocenters. The number of nitrogens with zero attached hydrogens (tertiary/aromatic N) is 2. The summed E-state index contributed by atoms with van der Waals surface area (Å²) in [6.07, 6.45) is 4.07. The Hall–Kier alpha value is 0.150. The van der Waals surface area contributed by atoms with E-state index >= 15 is 0 Å². The third-order valence-electron chi connectivity index (χ3n) is 1.47. The lowest BCUT2D eigenvalue weighted by molar-refractivity contribution is 0.590. The molecule has 0 heterocycles. The smallest absolute Gasteiger partial charge is 0.254 e. The summed E-state index contributed by atoms with van der Waals surface area (Å²) >= 11 is 2.29. The van der Waals surface area contributed by atoms with E-state index in [4.69, 9.17) is 0 Å². The summed E-state index contributed by atoms with van der Waals surface area (Å²) in [4.78, 5) is 1.61. The average Bonchev–Trinajstić information content (AvgIpc) is 2.10. The highest BCUT2D eigenvalue weighted by molar-refractivity contribution is 14.1. The summed E-state index contributed by atoms with van der Waals surface area (Å²) < 4.78 is 27.1. The largest absolute Gasteiger partial charge is 0.368 e. The van der Waals surface area contributed by atoms with E-state index in [0.29, 0.717) is 6.42 Å². The van der Waals surface area contributed by atoms with Crippen molar-refractivity contribution in [2.75, 3.05) is 24.3 Å². The predicted molar refractivity (Wildman–Crippen MR) is 68.7 cm³/mol. The molecule has 14 heavy (non-hydrogen) atoms. The number of sulfonamides is 1. The van der Waals surface area contributed by atoms with Crippen LogP contribution in [0.15, 0.2) is 4.40 Å². The number of hydrogen-bond donors (Lipinski definition) is 0. The quantitative estimate of drug-likeness (QED) is 0.233. The van der Waals surface area contributed by atoms with Crippen LogP contribution in [0.4, 0.5) is 0 Å². The van der Waals surface area contributed by atoms with Crippen molar-refractivity contribution in [3.8, 4) is 0 Å². The number of rotatable bonds is 7. The lowest BCUT2D eigenvalue weighted by atomic mass is 10.3. The fourth-order valence-corrected chi connectivity index (χ4v) is 2.32. The Morgan fingerprint density at radius 2 is 1.93 bits per heavy atom. The van der Waals surface area contributed by atoms with Crippen LogP contribution in [-0.4, -0.2) is 43.9 Å². The summed E-state index contributed by atoms with van der Waals surface area (Å²) in [7, 11) is 0.259. The monoisotopic (exact) mass is 332 g/mol. The van der Waals surface area contributed by atoms with E-state index in [-0.39, 0.29) is 5.75 Å². The lowest BCUT2D eigenvalue weighted by Gasteiger charge is -2.02. The van der Waals surface area contributed by atoms with Crippen molar-refractivity contribution in [3.63, 3.8) is 0 Å². The Morgan fingerprint density at radius 3 is 2.43 bits per heavy atom. The Labute approximate surface area is 100.0 Å². The minimum absolute atomic E-state index is 0.161. The molecule has 0 spiro atoms. The van der Waals surface area contributed by atoms with Crippen molar-refractivity contribution >= 4 is 39.0 Å². The summed E-state index contributed by atoms with van der Waals surface area (Å²) in [5, 5.41) is 0. The van der Waals surface area contributed by atoms with Crippen molar-refractivity contribution in [1.82, 2.24) is 4.90 Å². The maximum absolute atomic E-state index is 11.3. The molecule has 6 heteroatoms. The van der Waals surface area contributed by atoms with Gasteiger partial charge < -0.3 is 4.90 Å². The van der Waals surface area contributed by atoms with E-state index in [1.54, 1.807) is 19.0 Å². The standard InChI is InChI=1S/C8H17IN2O2S/c1-11(2)8-10-14(12,13)7-5-3-4-6-9/h8H,3-7H2,1-2H3/b10-8+. The Bertz CT molecular complexity index is 263. The fourth-order valence-electron chi connectivity index (χ4n) is 0.775. The van der Waals surface area contributed by atoms with Crippen LogP contribution >= 0.6 is 22.6 Å². The molecule has 0 aromatic rings. The zero-order valence-corrected chi connectivity index (χ0v) is 11.6. The molecule has 0 aliphatic rings. The topological polar surface area (TPSA) is 49.7 Å². The first-order valence-corrected chi connectivity index (χ1v) is 7.62. The lowest BCUT2D eigenvalue weighted by Crippen LogP contribution is -2.11. The van der Waals surface area contributed by atoms with Gasteiger partial charge in [0.25, 0.3) is 10.0 Å². The van der Waals surface area contributed by atoms with Gasteiger partial charge in [0, 0.05) is 14.1 Å². The number of hydrogen-bond acceptors (Lipinski definition) is 2. The van der Waals surface area contributed by atoms with Gasteiger partial charge in [0.15, 0.2) is 0 Å².